The number of thiazole rings is 1. The number of fused-ring (bicyclic) bond motifs is 1. The Bertz CT molecular complexity index is 895. The highest BCUT2D eigenvalue weighted by atomic mass is 32.1. The number of ether oxygens (including phenoxy) is 1. The third-order valence-electron chi connectivity index (χ3n) is 3.24. The van der Waals surface area contributed by atoms with Crippen LogP contribution in [0.3, 0.4) is 0 Å². The van der Waals surface area contributed by atoms with Crippen LogP contribution in [-0.4, -0.2) is 21.9 Å². The molecule has 2 aromatic carbocycles. The number of carbonyl (C=O) groups excluding carboxylic acids is 1. The number of hydrogen-bond donors (Lipinski definition) is 1. The molecule has 0 saturated heterocycles. The summed E-state index contributed by atoms with van der Waals surface area (Å²) < 4.78 is 6.18. The van der Waals surface area contributed by atoms with Crippen molar-refractivity contribution in [1.82, 2.24) is 4.98 Å². The molecule has 0 fully saturated rings. The Morgan fingerprint density at radius 2 is 2.04 bits per heavy atom. The fourth-order valence-corrected chi connectivity index (χ4v) is 2.95. The van der Waals surface area contributed by atoms with Crippen LogP contribution < -0.4 is 10.1 Å². The molecule has 1 heterocycles. The van der Waals surface area contributed by atoms with Crippen LogP contribution in [0.25, 0.3) is 10.2 Å². The van der Waals surface area contributed by atoms with Gasteiger partial charge in [0.1, 0.15) is 5.75 Å². The number of aromatic nitrogens is 1. The maximum atomic E-state index is 12.2. The van der Waals surface area contributed by atoms with E-state index in [1.54, 1.807) is 25.1 Å². The maximum absolute atomic E-state index is 12.2. The van der Waals surface area contributed by atoms with Crippen LogP contribution in [0, 0.1) is 10.1 Å². The van der Waals surface area contributed by atoms with Crippen LogP contribution in [0.4, 0.5) is 10.8 Å². The third-order valence-corrected chi connectivity index (χ3v) is 4.17. The van der Waals surface area contributed by atoms with Gasteiger partial charge in [0.05, 0.1) is 15.1 Å². The van der Waals surface area contributed by atoms with Crippen LogP contribution in [0.2, 0.25) is 0 Å². The summed E-state index contributed by atoms with van der Waals surface area (Å²) in [5, 5.41) is 13.8. The van der Waals surface area contributed by atoms with Crippen LogP contribution >= 0.6 is 11.3 Å². The van der Waals surface area contributed by atoms with Gasteiger partial charge in [-0.15, -0.1) is 0 Å². The number of nitro groups is 1. The number of nitrogens with zero attached hydrogens (tertiary/aromatic N) is 2. The summed E-state index contributed by atoms with van der Waals surface area (Å²) in [5.74, 6) is 0.257. The molecule has 0 radical (unpaired) electrons. The number of non-ortho nitro benzene ring substituents is 1. The van der Waals surface area contributed by atoms with Gasteiger partial charge in [-0.05, 0) is 25.1 Å². The second kappa shape index (κ2) is 6.63. The zero-order valence-corrected chi connectivity index (χ0v) is 13.4. The lowest BCUT2D eigenvalue weighted by atomic mass is 10.3. The number of carbonyl (C=O) groups is 1. The molecule has 0 aliphatic heterocycles. The van der Waals surface area contributed by atoms with E-state index in [9.17, 15) is 14.9 Å². The largest absolute Gasteiger partial charge is 0.481 e. The van der Waals surface area contributed by atoms with Gasteiger partial charge in [-0.1, -0.05) is 29.5 Å². The normalized spacial score (nSPS) is 11.9. The molecule has 24 heavy (non-hydrogen) atoms. The highest BCUT2D eigenvalue weighted by molar-refractivity contribution is 7.22. The molecule has 8 heteroatoms. The second-order valence-corrected chi connectivity index (χ2v) is 6.02. The Kier molecular flexibility index (Phi) is 4.39. The number of anilines is 1. The summed E-state index contributed by atoms with van der Waals surface area (Å²) >= 11 is 1.18. The third kappa shape index (κ3) is 3.49. The van der Waals surface area contributed by atoms with Crippen LogP contribution in [0.1, 0.15) is 6.92 Å². The quantitative estimate of drug-likeness (QED) is 0.564. The lowest BCUT2D eigenvalue weighted by Gasteiger charge is -2.13. The molecule has 1 atom stereocenters. The highest BCUT2D eigenvalue weighted by Crippen LogP contribution is 2.29. The van der Waals surface area contributed by atoms with Crippen LogP contribution in [0.5, 0.6) is 5.75 Å². The van der Waals surface area contributed by atoms with Gasteiger partial charge in [0.2, 0.25) is 0 Å². The zero-order valence-electron chi connectivity index (χ0n) is 12.6. The van der Waals surface area contributed by atoms with E-state index in [1.165, 1.54) is 23.5 Å². The van der Waals surface area contributed by atoms with Gasteiger partial charge in [0.25, 0.3) is 11.6 Å². The average molecular weight is 343 g/mol. The fourth-order valence-electron chi connectivity index (χ4n) is 2.04. The first-order valence-electron chi connectivity index (χ1n) is 7.10. The first-order chi connectivity index (χ1) is 11.5. The van der Waals surface area contributed by atoms with Gasteiger partial charge in [-0.3, -0.25) is 20.2 Å². The Labute approximate surface area is 141 Å². The van der Waals surface area contributed by atoms with E-state index in [2.05, 4.69) is 10.3 Å². The van der Waals surface area contributed by atoms with Gasteiger partial charge in [0.15, 0.2) is 11.2 Å². The topological polar surface area (TPSA) is 94.4 Å². The molecule has 7 nitrogen and oxygen atoms in total. The molecule has 0 bridgehead atoms. The summed E-state index contributed by atoms with van der Waals surface area (Å²) in [5.41, 5.74) is 0.585. The Morgan fingerprint density at radius 3 is 2.75 bits per heavy atom. The number of hydrogen-bond acceptors (Lipinski definition) is 6. The van der Waals surface area contributed by atoms with Crippen molar-refractivity contribution in [3.8, 4) is 5.75 Å². The first-order valence-corrected chi connectivity index (χ1v) is 7.92. The van der Waals surface area contributed by atoms with Gasteiger partial charge >= 0.3 is 0 Å². The minimum Gasteiger partial charge on any atom is -0.481 e. The number of benzene rings is 2. The minimum atomic E-state index is -0.700. The van der Waals surface area contributed by atoms with Crippen molar-refractivity contribution in [2.45, 2.75) is 13.0 Å². The summed E-state index contributed by atoms with van der Waals surface area (Å²) in [6.45, 7) is 1.64. The van der Waals surface area contributed by atoms with Gasteiger partial charge in [0, 0.05) is 12.1 Å². The Balaban J connectivity index is 1.71. The molecule has 0 spiro atoms. The highest BCUT2D eigenvalue weighted by Gasteiger charge is 2.17. The summed E-state index contributed by atoms with van der Waals surface area (Å²) in [7, 11) is 0. The first kappa shape index (κ1) is 15.9. The van der Waals surface area contributed by atoms with E-state index >= 15 is 0 Å². The second-order valence-electron chi connectivity index (χ2n) is 4.99. The summed E-state index contributed by atoms with van der Waals surface area (Å²) in [6, 6.07) is 13.4. The number of nitro benzene ring substituents is 1. The lowest BCUT2D eigenvalue weighted by molar-refractivity contribution is -0.384. The van der Waals surface area contributed by atoms with E-state index in [1.807, 2.05) is 18.2 Å². The minimum absolute atomic E-state index is 0.00944. The van der Waals surface area contributed by atoms with E-state index in [-0.39, 0.29) is 11.6 Å². The number of para-hydroxylation sites is 1. The Morgan fingerprint density at radius 1 is 1.29 bits per heavy atom. The van der Waals surface area contributed by atoms with Crippen molar-refractivity contribution in [3.05, 3.63) is 58.6 Å². The fraction of sp³-hybridized carbons (Fsp3) is 0.125. The molecular formula is C16H13N3O4S. The van der Waals surface area contributed by atoms with Crippen molar-refractivity contribution in [1.29, 1.82) is 0 Å². The molecule has 0 saturated carbocycles. The standard InChI is InChI=1S/C16H13N3O4S/c1-10(23-12-5-3-2-4-6-12)15(20)18-16-17-13-8-7-11(19(21)22)9-14(13)24-16/h2-10H,1H3,(H,17,18,20)/t10-/m1/s1. The predicted molar refractivity (Wildman–Crippen MR) is 91.4 cm³/mol. The Hall–Kier alpha value is -3.00. The molecule has 0 aliphatic carbocycles. The number of amides is 1. The molecule has 1 amide bonds. The SMILES string of the molecule is C[C@@H](Oc1ccccc1)C(=O)Nc1nc2ccc([N+](=O)[O-])cc2s1. The van der Waals surface area contributed by atoms with Crippen molar-refractivity contribution >= 4 is 38.3 Å². The van der Waals surface area contributed by atoms with Gasteiger partial charge in [-0.25, -0.2) is 4.98 Å². The van der Waals surface area contributed by atoms with Gasteiger partial charge in [-0.2, -0.15) is 0 Å². The smallest absolute Gasteiger partial charge is 0.270 e. The summed E-state index contributed by atoms with van der Waals surface area (Å²) in [4.78, 5) is 26.8. The van der Waals surface area contributed by atoms with Crippen molar-refractivity contribution < 1.29 is 14.5 Å². The van der Waals surface area contributed by atoms with Crippen molar-refractivity contribution in [3.63, 3.8) is 0 Å². The summed E-state index contributed by atoms with van der Waals surface area (Å²) in [6.07, 6.45) is -0.700. The van der Waals surface area contributed by atoms with E-state index in [0.717, 1.165) is 0 Å². The maximum Gasteiger partial charge on any atom is 0.270 e. The van der Waals surface area contributed by atoms with Crippen molar-refractivity contribution in [2.24, 2.45) is 0 Å². The zero-order chi connectivity index (χ0) is 17.1. The lowest BCUT2D eigenvalue weighted by Crippen LogP contribution is -2.30. The van der Waals surface area contributed by atoms with E-state index < -0.39 is 11.0 Å². The number of rotatable bonds is 5. The van der Waals surface area contributed by atoms with Crippen molar-refractivity contribution in [2.75, 3.05) is 5.32 Å². The predicted octanol–water partition coefficient (Wildman–Crippen LogP) is 3.61. The van der Waals surface area contributed by atoms with Gasteiger partial charge < -0.3 is 4.74 Å². The molecule has 3 aromatic rings. The molecule has 0 unspecified atom stereocenters. The average Bonchev–Trinajstić information content (AvgIpc) is 2.96. The van der Waals surface area contributed by atoms with E-state index in [0.29, 0.717) is 21.1 Å². The van der Waals surface area contributed by atoms with E-state index in [4.69, 9.17) is 4.74 Å². The monoisotopic (exact) mass is 343 g/mol. The number of nitrogens with one attached hydrogen (secondary N) is 1. The molecule has 3 rings (SSSR count). The van der Waals surface area contributed by atoms with Crippen LogP contribution in [0.15, 0.2) is 48.5 Å². The molecule has 1 aromatic heterocycles. The van der Waals surface area contributed by atoms with Crippen LogP contribution in [-0.2, 0) is 4.79 Å². The molecule has 122 valence electrons. The molecule has 0 aliphatic rings. The molecular weight excluding hydrogens is 330 g/mol. The molecule has 1 N–H and O–H groups in total.